The second-order valence-corrected chi connectivity index (χ2v) is 5.77. The maximum atomic E-state index is 12.0. The fraction of sp³-hybridized carbons (Fsp3) is 0.714. The SMILES string of the molecule is C=C(C(=O)NC(C)(C)CC(=O)O)C1CCCCC1. The molecule has 1 amide bonds. The molecular weight excluding hydrogens is 230 g/mol. The molecule has 1 aliphatic carbocycles. The summed E-state index contributed by atoms with van der Waals surface area (Å²) < 4.78 is 0. The van der Waals surface area contributed by atoms with E-state index in [1.807, 2.05) is 0 Å². The van der Waals surface area contributed by atoms with Crippen LogP contribution in [0.5, 0.6) is 0 Å². The van der Waals surface area contributed by atoms with Gasteiger partial charge in [0.15, 0.2) is 0 Å². The van der Waals surface area contributed by atoms with Crippen molar-refractivity contribution in [1.82, 2.24) is 5.32 Å². The Labute approximate surface area is 108 Å². The van der Waals surface area contributed by atoms with Gasteiger partial charge in [0.2, 0.25) is 5.91 Å². The molecule has 0 aromatic heterocycles. The van der Waals surface area contributed by atoms with Crippen molar-refractivity contribution in [3.05, 3.63) is 12.2 Å². The summed E-state index contributed by atoms with van der Waals surface area (Å²) in [5.74, 6) is -0.851. The standard InChI is InChI=1S/C14H23NO3/c1-10(11-7-5-4-6-8-11)13(18)15-14(2,3)9-12(16)17/h11H,1,4-9H2,2-3H3,(H,15,18)(H,16,17). The molecule has 0 atom stereocenters. The Morgan fingerprint density at radius 2 is 1.83 bits per heavy atom. The molecule has 0 saturated heterocycles. The monoisotopic (exact) mass is 253 g/mol. The average molecular weight is 253 g/mol. The molecule has 1 aliphatic rings. The van der Waals surface area contributed by atoms with Gasteiger partial charge in [-0.05, 0) is 32.6 Å². The van der Waals surface area contributed by atoms with Crippen LogP contribution in [-0.2, 0) is 9.59 Å². The van der Waals surface area contributed by atoms with Crippen LogP contribution in [-0.4, -0.2) is 22.5 Å². The van der Waals surface area contributed by atoms with Gasteiger partial charge in [-0.25, -0.2) is 0 Å². The van der Waals surface area contributed by atoms with E-state index < -0.39 is 11.5 Å². The van der Waals surface area contributed by atoms with Gasteiger partial charge >= 0.3 is 5.97 Å². The summed E-state index contributed by atoms with van der Waals surface area (Å²) in [6.07, 6.45) is 5.48. The number of nitrogens with one attached hydrogen (secondary N) is 1. The van der Waals surface area contributed by atoms with Crippen molar-refractivity contribution in [2.24, 2.45) is 5.92 Å². The number of aliphatic carboxylic acids is 1. The van der Waals surface area contributed by atoms with E-state index in [1.165, 1.54) is 6.42 Å². The summed E-state index contributed by atoms with van der Waals surface area (Å²) in [6, 6.07) is 0. The number of amides is 1. The topological polar surface area (TPSA) is 66.4 Å². The first-order chi connectivity index (χ1) is 8.32. The maximum absolute atomic E-state index is 12.0. The molecule has 4 nitrogen and oxygen atoms in total. The molecule has 0 aromatic carbocycles. The number of carbonyl (C=O) groups is 2. The molecule has 0 aromatic rings. The molecule has 0 heterocycles. The Balaban J connectivity index is 2.53. The van der Waals surface area contributed by atoms with Crippen LogP contribution in [0.2, 0.25) is 0 Å². The summed E-state index contributed by atoms with van der Waals surface area (Å²) in [5, 5.41) is 11.5. The van der Waals surface area contributed by atoms with Crippen LogP contribution in [0.4, 0.5) is 0 Å². The smallest absolute Gasteiger partial charge is 0.305 e. The first kappa shape index (κ1) is 14.7. The molecule has 0 radical (unpaired) electrons. The molecule has 2 N–H and O–H groups in total. The second kappa shape index (κ2) is 6.03. The van der Waals surface area contributed by atoms with Crippen molar-refractivity contribution >= 4 is 11.9 Å². The van der Waals surface area contributed by atoms with Crippen LogP contribution in [0.25, 0.3) is 0 Å². The number of rotatable bonds is 5. The van der Waals surface area contributed by atoms with Crippen LogP contribution in [0.1, 0.15) is 52.4 Å². The van der Waals surface area contributed by atoms with Crippen LogP contribution in [0.15, 0.2) is 12.2 Å². The third-order valence-corrected chi connectivity index (χ3v) is 3.43. The van der Waals surface area contributed by atoms with Gasteiger partial charge in [-0.15, -0.1) is 0 Å². The fourth-order valence-corrected chi connectivity index (χ4v) is 2.45. The van der Waals surface area contributed by atoms with Crippen molar-refractivity contribution in [1.29, 1.82) is 0 Å². The normalized spacial score (nSPS) is 17.2. The highest BCUT2D eigenvalue weighted by atomic mass is 16.4. The van der Waals surface area contributed by atoms with Crippen LogP contribution in [0.3, 0.4) is 0 Å². The minimum Gasteiger partial charge on any atom is -0.481 e. The Morgan fingerprint density at radius 1 is 1.28 bits per heavy atom. The molecule has 102 valence electrons. The van der Waals surface area contributed by atoms with E-state index in [0.717, 1.165) is 25.7 Å². The van der Waals surface area contributed by atoms with Crippen molar-refractivity contribution in [3.63, 3.8) is 0 Å². The molecular formula is C14H23NO3. The molecule has 0 aliphatic heterocycles. The third-order valence-electron chi connectivity index (χ3n) is 3.43. The van der Waals surface area contributed by atoms with E-state index in [9.17, 15) is 9.59 Å². The highest BCUT2D eigenvalue weighted by molar-refractivity contribution is 5.94. The quantitative estimate of drug-likeness (QED) is 0.740. The van der Waals surface area contributed by atoms with Gasteiger partial charge in [0.1, 0.15) is 0 Å². The highest BCUT2D eigenvalue weighted by Crippen LogP contribution is 2.29. The highest BCUT2D eigenvalue weighted by Gasteiger charge is 2.27. The van der Waals surface area contributed by atoms with Gasteiger partial charge in [0.25, 0.3) is 0 Å². The van der Waals surface area contributed by atoms with Crippen LogP contribution >= 0.6 is 0 Å². The zero-order valence-corrected chi connectivity index (χ0v) is 11.3. The van der Waals surface area contributed by atoms with Gasteiger partial charge < -0.3 is 10.4 Å². The first-order valence-corrected chi connectivity index (χ1v) is 6.55. The van der Waals surface area contributed by atoms with E-state index >= 15 is 0 Å². The summed E-state index contributed by atoms with van der Waals surface area (Å²) >= 11 is 0. The van der Waals surface area contributed by atoms with E-state index in [4.69, 9.17) is 5.11 Å². The first-order valence-electron chi connectivity index (χ1n) is 6.55. The number of carbonyl (C=O) groups excluding carboxylic acids is 1. The summed E-state index contributed by atoms with van der Waals surface area (Å²) in [6.45, 7) is 7.31. The van der Waals surface area contributed by atoms with E-state index in [-0.39, 0.29) is 18.2 Å². The minimum atomic E-state index is -0.913. The molecule has 4 heteroatoms. The predicted octanol–water partition coefficient (Wildman–Crippen LogP) is 2.49. The molecule has 18 heavy (non-hydrogen) atoms. The van der Waals surface area contributed by atoms with Gasteiger partial charge in [0, 0.05) is 11.1 Å². The number of carboxylic acid groups (broad SMARTS) is 1. The summed E-state index contributed by atoms with van der Waals surface area (Å²) in [7, 11) is 0. The lowest BCUT2D eigenvalue weighted by Gasteiger charge is -2.28. The Hall–Kier alpha value is -1.32. The lowest BCUT2D eigenvalue weighted by Crippen LogP contribution is -2.46. The van der Waals surface area contributed by atoms with Gasteiger partial charge in [-0.1, -0.05) is 25.8 Å². The Bertz CT molecular complexity index is 341. The van der Waals surface area contributed by atoms with Gasteiger partial charge in [-0.3, -0.25) is 9.59 Å². The fourth-order valence-electron chi connectivity index (χ4n) is 2.45. The molecule has 0 unspecified atom stereocenters. The van der Waals surface area contributed by atoms with Crippen LogP contribution in [0, 0.1) is 5.92 Å². The summed E-state index contributed by atoms with van der Waals surface area (Å²) in [5.41, 5.74) is -0.131. The average Bonchev–Trinajstić information content (AvgIpc) is 2.26. The largest absolute Gasteiger partial charge is 0.481 e. The lowest BCUT2D eigenvalue weighted by atomic mass is 9.83. The van der Waals surface area contributed by atoms with Crippen molar-refractivity contribution in [2.75, 3.05) is 0 Å². The molecule has 0 spiro atoms. The molecule has 1 saturated carbocycles. The van der Waals surface area contributed by atoms with E-state index in [2.05, 4.69) is 11.9 Å². The van der Waals surface area contributed by atoms with Crippen LogP contribution < -0.4 is 5.32 Å². The number of hydrogen-bond acceptors (Lipinski definition) is 2. The maximum Gasteiger partial charge on any atom is 0.305 e. The predicted molar refractivity (Wildman–Crippen MR) is 70.2 cm³/mol. The van der Waals surface area contributed by atoms with E-state index in [1.54, 1.807) is 13.8 Å². The molecule has 1 rings (SSSR count). The lowest BCUT2D eigenvalue weighted by molar-refractivity contribution is -0.138. The zero-order valence-electron chi connectivity index (χ0n) is 11.3. The zero-order chi connectivity index (χ0) is 13.8. The van der Waals surface area contributed by atoms with Crippen molar-refractivity contribution in [3.8, 4) is 0 Å². The number of hydrogen-bond donors (Lipinski definition) is 2. The Kier molecular flexibility index (Phi) is 4.93. The summed E-state index contributed by atoms with van der Waals surface area (Å²) in [4.78, 5) is 22.7. The van der Waals surface area contributed by atoms with Gasteiger partial charge in [0.05, 0.1) is 6.42 Å². The second-order valence-electron chi connectivity index (χ2n) is 5.77. The number of carboxylic acids is 1. The van der Waals surface area contributed by atoms with Crippen molar-refractivity contribution in [2.45, 2.75) is 57.9 Å². The van der Waals surface area contributed by atoms with E-state index in [0.29, 0.717) is 5.57 Å². The Morgan fingerprint density at radius 3 is 2.33 bits per heavy atom. The third kappa shape index (κ3) is 4.51. The minimum absolute atomic E-state index is 0.0866. The molecule has 0 bridgehead atoms. The van der Waals surface area contributed by atoms with Gasteiger partial charge in [-0.2, -0.15) is 0 Å². The molecule has 1 fully saturated rings. The van der Waals surface area contributed by atoms with Crippen molar-refractivity contribution < 1.29 is 14.7 Å².